The standard InChI is InChI=1S/C18H27N3O2/c22-18(15-7-4-8-15,14-5-2-1-3-6-14)17-20-16(23-21-17)13-9-11-19-12-10-13/h1-3,5-6,13,15-17,19-22H,4,7-12H2. The number of hydroxylamine groups is 1. The molecule has 23 heavy (non-hydrogen) atoms. The highest BCUT2D eigenvalue weighted by atomic mass is 16.7. The lowest BCUT2D eigenvalue weighted by atomic mass is 9.68. The lowest BCUT2D eigenvalue weighted by Crippen LogP contribution is -2.58. The van der Waals surface area contributed by atoms with Gasteiger partial charge in [-0.3, -0.25) is 10.2 Å². The predicted molar refractivity (Wildman–Crippen MR) is 88.2 cm³/mol. The molecule has 3 fully saturated rings. The molecule has 3 aliphatic rings. The monoisotopic (exact) mass is 317 g/mol. The van der Waals surface area contributed by atoms with Crippen LogP contribution in [0, 0.1) is 11.8 Å². The molecule has 0 amide bonds. The van der Waals surface area contributed by atoms with E-state index in [9.17, 15) is 5.11 Å². The van der Waals surface area contributed by atoms with Gasteiger partial charge in [0, 0.05) is 5.92 Å². The molecule has 3 unspecified atom stereocenters. The van der Waals surface area contributed by atoms with Gasteiger partial charge < -0.3 is 10.4 Å². The van der Waals surface area contributed by atoms with Gasteiger partial charge in [-0.15, -0.1) is 0 Å². The van der Waals surface area contributed by atoms with E-state index in [-0.39, 0.29) is 18.3 Å². The number of benzene rings is 1. The highest BCUT2D eigenvalue weighted by Gasteiger charge is 2.51. The molecule has 4 rings (SSSR count). The molecule has 1 aromatic rings. The molecule has 0 bridgehead atoms. The van der Waals surface area contributed by atoms with Crippen molar-refractivity contribution >= 4 is 0 Å². The van der Waals surface area contributed by atoms with Crippen molar-refractivity contribution in [3.05, 3.63) is 35.9 Å². The maximum absolute atomic E-state index is 11.6. The van der Waals surface area contributed by atoms with Crippen molar-refractivity contribution in [1.82, 2.24) is 16.1 Å². The highest BCUT2D eigenvalue weighted by Crippen LogP contribution is 2.45. The Bertz CT molecular complexity index is 516. The molecule has 4 N–H and O–H groups in total. The Morgan fingerprint density at radius 2 is 1.78 bits per heavy atom. The molecular weight excluding hydrogens is 290 g/mol. The average Bonchev–Trinajstić information content (AvgIpc) is 3.05. The summed E-state index contributed by atoms with van der Waals surface area (Å²) in [4.78, 5) is 5.84. The summed E-state index contributed by atoms with van der Waals surface area (Å²) in [6.45, 7) is 2.09. The van der Waals surface area contributed by atoms with Crippen LogP contribution in [-0.2, 0) is 10.4 Å². The Morgan fingerprint density at radius 3 is 2.43 bits per heavy atom. The van der Waals surface area contributed by atoms with Crippen molar-refractivity contribution in [2.45, 2.75) is 50.1 Å². The van der Waals surface area contributed by atoms with E-state index in [1.54, 1.807) is 0 Å². The van der Waals surface area contributed by atoms with Gasteiger partial charge in [0.15, 0.2) is 0 Å². The molecule has 5 nitrogen and oxygen atoms in total. The third kappa shape index (κ3) is 2.81. The van der Waals surface area contributed by atoms with Crippen molar-refractivity contribution in [2.24, 2.45) is 11.8 Å². The average molecular weight is 317 g/mol. The van der Waals surface area contributed by atoms with Crippen molar-refractivity contribution < 1.29 is 9.94 Å². The Balaban J connectivity index is 1.53. The first kappa shape index (κ1) is 15.5. The maximum Gasteiger partial charge on any atom is 0.133 e. The summed E-state index contributed by atoms with van der Waals surface area (Å²) in [5, 5.41) is 18.5. The fraction of sp³-hybridized carbons (Fsp3) is 0.667. The highest BCUT2D eigenvalue weighted by molar-refractivity contribution is 5.26. The van der Waals surface area contributed by atoms with E-state index in [4.69, 9.17) is 4.84 Å². The number of hydrogen-bond acceptors (Lipinski definition) is 5. The molecule has 2 saturated heterocycles. The summed E-state index contributed by atoms with van der Waals surface area (Å²) < 4.78 is 0. The van der Waals surface area contributed by atoms with Gasteiger partial charge in [0.05, 0.1) is 0 Å². The van der Waals surface area contributed by atoms with E-state index in [0.717, 1.165) is 44.3 Å². The Morgan fingerprint density at radius 1 is 1.04 bits per heavy atom. The molecule has 1 saturated carbocycles. The van der Waals surface area contributed by atoms with Crippen LogP contribution in [0.2, 0.25) is 0 Å². The molecule has 1 aromatic carbocycles. The quantitative estimate of drug-likeness (QED) is 0.677. The molecule has 1 aliphatic carbocycles. The van der Waals surface area contributed by atoms with Gasteiger partial charge in [0.2, 0.25) is 0 Å². The fourth-order valence-electron chi connectivity index (χ4n) is 4.16. The molecule has 0 aromatic heterocycles. The Hall–Kier alpha value is -0.980. The van der Waals surface area contributed by atoms with Crippen LogP contribution in [0.15, 0.2) is 30.3 Å². The van der Waals surface area contributed by atoms with Crippen LogP contribution in [0.25, 0.3) is 0 Å². The number of hydrogen-bond donors (Lipinski definition) is 4. The summed E-state index contributed by atoms with van der Waals surface area (Å²) in [6.07, 6.45) is 5.29. The normalized spacial score (nSPS) is 32.4. The summed E-state index contributed by atoms with van der Waals surface area (Å²) in [6, 6.07) is 10.0. The van der Waals surface area contributed by atoms with Gasteiger partial charge in [-0.25, -0.2) is 0 Å². The first-order valence-corrected chi connectivity index (χ1v) is 8.94. The van der Waals surface area contributed by atoms with Crippen LogP contribution in [0.1, 0.15) is 37.7 Å². The van der Waals surface area contributed by atoms with Crippen molar-refractivity contribution in [3.8, 4) is 0 Å². The Kier molecular flexibility index (Phi) is 4.39. The minimum absolute atomic E-state index is 0.0163. The number of piperidine rings is 1. The lowest BCUT2D eigenvalue weighted by Gasteiger charge is -2.45. The van der Waals surface area contributed by atoms with Gasteiger partial charge in [-0.2, -0.15) is 5.48 Å². The Labute approximate surface area is 137 Å². The molecule has 0 spiro atoms. The third-order valence-electron chi connectivity index (χ3n) is 5.86. The van der Waals surface area contributed by atoms with Crippen LogP contribution >= 0.6 is 0 Å². The zero-order chi connectivity index (χ0) is 15.7. The van der Waals surface area contributed by atoms with E-state index in [2.05, 4.69) is 16.1 Å². The van der Waals surface area contributed by atoms with E-state index in [1.807, 2.05) is 30.3 Å². The summed E-state index contributed by atoms with van der Waals surface area (Å²) in [7, 11) is 0. The lowest BCUT2D eigenvalue weighted by molar-refractivity contribution is -0.104. The molecule has 5 heteroatoms. The van der Waals surface area contributed by atoms with E-state index < -0.39 is 5.60 Å². The fourth-order valence-corrected chi connectivity index (χ4v) is 4.16. The molecule has 0 radical (unpaired) electrons. The zero-order valence-electron chi connectivity index (χ0n) is 13.5. The summed E-state index contributed by atoms with van der Waals surface area (Å²) in [5.74, 6) is 0.778. The van der Waals surface area contributed by atoms with Gasteiger partial charge >= 0.3 is 0 Å². The predicted octanol–water partition coefficient (Wildman–Crippen LogP) is 1.45. The summed E-state index contributed by atoms with van der Waals surface area (Å²) in [5.41, 5.74) is 3.17. The molecule has 3 atom stereocenters. The van der Waals surface area contributed by atoms with Crippen molar-refractivity contribution in [2.75, 3.05) is 13.1 Å². The minimum atomic E-state index is -0.915. The van der Waals surface area contributed by atoms with Crippen LogP contribution < -0.4 is 16.1 Å². The smallest absolute Gasteiger partial charge is 0.133 e. The third-order valence-corrected chi connectivity index (χ3v) is 5.86. The second-order valence-electron chi connectivity index (χ2n) is 7.16. The van der Waals surface area contributed by atoms with E-state index >= 15 is 0 Å². The molecule has 2 aliphatic heterocycles. The van der Waals surface area contributed by atoms with E-state index in [0.29, 0.717) is 5.92 Å². The molecule has 126 valence electrons. The van der Waals surface area contributed by atoms with Gasteiger partial charge in [0.1, 0.15) is 18.0 Å². The SMILES string of the molecule is OC(c1ccccc1)(C1CCC1)C1NOC(C2CCNCC2)N1. The number of aliphatic hydroxyl groups is 1. The first-order valence-electron chi connectivity index (χ1n) is 8.94. The van der Waals surface area contributed by atoms with Crippen LogP contribution in [0.3, 0.4) is 0 Å². The van der Waals surface area contributed by atoms with E-state index in [1.165, 1.54) is 6.42 Å². The van der Waals surface area contributed by atoms with Crippen LogP contribution in [0.5, 0.6) is 0 Å². The second kappa shape index (κ2) is 6.49. The van der Waals surface area contributed by atoms with Gasteiger partial charge in [-0.05, 0) is 50.3 Å². The van der Waals surface area contributed by atoms with Crippen molar-refractivity contribution in [3.63, 3.8) is 0 Å². The maximum atomic E-state index is 11.6. The zero-order valence-corrected chi connectivity index (χ0v) is 13.5. The summed E-state index contributed by atoms with van der Waals surface area (Å²) >= 11 is 0. The number of rotatable bonds is 4. The topological polar surface area (TPSA) is 65.5 Å². The van der Waals surface area contributed by atoms with Crippen molar-refractivity contribution in [1.29, 1.82) is 0 Å². The number of nitrogens with one attached hydrogen (secondary N) is 3. The van der Waals surface area contributed by atoms with Gasteiger partial charge in [-0.1, -0.05) is 36.8 Å². The minimum Gasteiger partial charge on any atom is -0.382 e. The van der Waals surface area contributed by atoms with Crippen LogP contribution in [0.4, 0.5) is 0 Å². The second-order valence-corrected chi connectivity index (χ2v) is 7.16. The first-order chi connectivity index (χ1) is 11.3. The molecule has 2 heterocycles. The van der Waals surface area contributed by atoms with Gasteiger partial charge in [0.25, 0.3) is 0 Å². The molecular formula is C18H27N3O2. The van der Waals surface area contributed by atoms with Crippen LogP contribution in [-0.4, -0.2) is 30.6 Å². The largest absolute Gasteiger partial charge is 0.382 e.